The van der Waals surface area contributed by atoms with E-state index >= 15 is 0 Å². The maximum absolute atomic E-state index is 10.6. The highest BCUT2D eigenvalue weighted by molar-refractivity contribution is 7.12. The quantitative estimate of drug-likeness (QED) is 0.865. The summed E-state index contributed by atoms with van der Waals surface area (Å²) in [6, 6.07) is 1.49. The molecule has 0 aromatic carbocycles. The van der Waals surface area contributed by atoms with Gasteiger partial charge in [-0.25, -0.2) is 4.79 Å². The minimum Gasteiger partial charge on any atom is -0.477 e. The Balaban J connectivity index is 2.14. The van der Waals surface area contributed by atoms with E-state index in [9.17, 15) is 4.79 Å². The average Bonchev–Trinajstić information content (AvgIpc) is 2.76. The third-order valence-corrected chi connectivity index (χ3v) is 2.60. The molecule has 0 spiro atoms. The zero-order chi connectivity index (χ0) is 10.8. The molecule has 2 rings (SSSR count). The minimum absolute atomic E-state index is 0.258. The van der Waals surface area contributed by atoms with E-state index in [0.717, 1.165) is 11.3 Å². The van der Waals surface area contributed by atoms with Crippen molar-refractivity contribution < 1.29 is 14.6 Å². The SMILES string of the molecule is Cn1cc(Oc2csc(C(=O)O)c2)cn1. The summed E-state index contributed by atoms with van der Waals surface area (Å²) in [4.78, 5) is 10.9. The molecular weight excluding hydrogens is 216 g/mol. The fraction of sp³-hybridized carbons (Fsp3) is 0.111. The molecule has 0 fully saturated rings. The first kappa shape index (κ1) is 9.72. The molecule has 2 aromatic rings. The Kier molecular flexibility index (Phi) is 2.42. The molecular formula is C9H8N2O3S. The summed E-state index contributed by atoms with van der Waals surface area (Å²) < 4.78 is 7.00. The second kappa shape index (κ2) is 3.74. The topological polar surface area (TPSA) is 64.3 Å². The third-order valence-electron chi connectivity index (χ3n) is 1.70. The largest absolute Gasteiger partial charge is 0.477 e. The fourth-order valence-corrected chi connectivity index (χ4v) is 1.72. The van der Waals surface area contributed by atoms with Crippen LogP contribution in [0.1, 0.15) is 9.67 Å². The minimum atomic E-state index is -0.943. The molecule has 0 saturated carbocycles. The summed E-state index contributed by atoms with van der Waals surface area (Å²) >= 11 is 1.13. The van der Waals surface area contributed by atoms with Gasteiger partial charge in [0.1, 0.15) is 10.6 Å². The highest BCUT2D eigenvalue weighted by atomic mass is 32.1. The van der Waals surface area contributed by atoms with E-state index in [0.29, 0.717) is 11.5 Å². The molecule has 5 nitrogen and oxygen atoms in total. The zero-order valence-electron chi connectivity index (χ0n) is 7.88. The summed E-state index contributed by atoms with van der Waals surface area (Å²) in [5, 5.41) is 14.3. The van der Waals surface area contributed by atoms with Crippen molar-refractivity contribution in [1.82, 2.24) is 9.78 Å². The number of carboxylic acid groups (broad SMARTS) is 1. The summed E-state index contributed by atoms with van der Waals surface area (Å²) in [6.07, 6.45) is 3.27. The Bertz CT molecular complexity index is 489. The number of hydrogen-bond acceptors (Lipinski definition) is 4. The van der Waals surface area contributed by atoms with Gasteiger partial charge >= 0.3 is 5.97 Å². The lowest BCUT2D eigenvalue weighted by atomic mass is 10.4. The smallest absolute Gasteiger partial charge is 0.346 e. The van der Waals surface area contributed by atoms with Gasteiger partial charge in [0.2, 0.25) is 0 Å². The van der Waals surface area contributed by atoms with E-state index in [-0.39, 0.29) is 4.88 Å². The molecule has 0 radical (unpaired) electrons. The predicted octanol–water partition coefficient (Wildman–Crippen LogP) is 1.97. The number of carboxylic acids is 1. The Morgan fingerprint density at radius 3 is 2.93 bits per heavy atom. The van der Waals surface area contributed by atoms with Crippen LogP contribution in [-0.4, -0.2) is 20.9 Å². The molecule has 1 N–H and O–H groups in total. The van der Waals surface area contributed by atoms with Crippen molar-refractivity contribution in [3.8, 4) is 11.5 Å². The van der Waals surface area contributed by atoms with Gasteiger partial charge in [-0.3, -0.25) is 4.68 Å². The molecule has 0 aliphatic heterocycles. The monoisotopic (exact) mass is 224 g/mol. The van der Waals surface area contributed by atoms with Gasteiger partial charge in [-0.2, -0.15) is 5.10 Å². The van der Waals surface area contributed by atoms with Crippen LogP contribution in [0.2, 0.25) is 0 Å². The van der Waals surface area contributed by atoms with Crippen molar-refractivity contribution in [3.63, 3.8) is 0 Å². The van der Waals surface area contributed by atoms with Gasteiger partial charge in [0.15, 0.2) is 5.75 Å². The van der Waals surface area contributed by atoms with Crippen LogP contribution < -0.4 is 4.74 Å². The number of thiophene rings is 1. The molecule has 78 valence electrons. The van der Waals surface area contributed by atoms with Gasteiger partial charge in [0.05, 0.1) is 12.4 Å². The maximum Gasteiger partial charge on any atom is 0.346 e. The molecule has 15 heavy (non-hydrogen) atoms. The first-order valence-corrected chi connectivity index (χ1v) is 5.01. The highest BCUT2D eigenvalue weighted by Gasteiger charge is 2.08. The molecule has 0 bridgehead atoms. The number of aryl methyl sites for hydroxylation is 1. The molecule has 0 unspecified atom stereocenters. The summed E-state index contributed by atoms with van der Waals surface area (Å²) in [7, 11) is 1.78. The average molecular weight is 224 g/mol. The fourth-order valence-electron chi connectivity index (χ4n) is 1.07. The standard InChI is InChI=1S/C9H8N2O3S/c1-11-4-7(3-10-11)14-6-2-8(9(12)13)15-5-6/h2-5H,1H3,(H,12,13). The van der Waals surface area contributed by atoms with Crippen molar-refractivity contribution in [1.29, 1.82) is 0 Å². The third kappa shape index (κ3) is 2.16. The lowest BCUT2D eigenvalue weighted by Gasteiger charge is -1.96. The number of rotatable bonds is 3. The van der Waals surface area contributed by atoms with Gasteiger partial charge in [0.25, 0.3) is 0 Å². The van der Waals surface area contributed by atoms with Crippen LogP contribution in [0, 0.1) is 0 Å². The van der Waals surface area contributed by atoms with E-state index in [1.165, 1.54) is 6.07 Å². The van der Waals surface area contributed by atoms with Gasteiger partial charge in [0, 0.05) is 18.5 Å². The summed E-state index contributed by atoms with van der Waals surface area (Å²) in [6.45, 7) is 0. The molecule has 0 atom stereocenters. The Labute approximate surface area is 89.5 Å². The van der Waals surface area contributed by atoms with Crippen LogP contribution in [0.4, 0.5) is 0 Å². The summed E-state index contributed by atoms with van der Waals surface area (Å²) in [5.74, 6) is 0.165. The van der Waals surface area contributed by atoms with E-state index in [1.54, 1.807) is 29.5 Å². The van der Waals surface area contributed by atoms with Crippen LogP contribution in [0.3, 0.4) is 0 Å². The maximum atomic E-state index is 10.6. The van der Waals surface area contributed by atoms with E-state index in [1.807, 2.05) is 0 Å². The van der Waals surface area contributed by atoms with E-state index in [4.69, 9.17) is 9.84 Å². The number of carbonyl (C=O) groups is 1. The number of ether oxygens (including phenoxy) is 1. The zero-order valence-corrected chi connectivity index (χ0v) is 8.69. The molecule has 0 aliphatic rings. The first-order valence-electron chi connectivity index (χ1n) is 4.13. The van der Waals surface area contributed by atoms with Crippen LogP contribution in [-0.2, 0) is 7.05 Å². The molecule has 6 heteroatoms. The number of nitrogens with zero attached hydrogens (tertiary/aromatic N) is 2. The number of aromatic nitrogens is 2. The van der Waals surface area contributed by atoms with Crippen molar-refractivity contribution in [2.45, 2.75) is 0 Å². The van der Waals surface area contributed by atoms with Crippen molar-refractivity contribution >= 4 is 17.3 Å². The lowest BCUT2D eigenvalue weighted by molar-refractivity contribution is 0.0702. The highest BCUT2D eigenvalue weighted by Crippen LogP contribution is 2.26. The molecule has 0 aliphatic carbocycles. The normalized spacial score (nSPS) is 10.2. The van der Waals surface area contributed by atoms with E-state index < -0.39 is 5.97 Å². The molecule has 0 amide bonds. The van der Waals surface area contributed by atoms with Crippen molar-refractivity contribution in [2.75, 3.05) is 0 Å². The second-order valence-corrected chi connectivity index (χ2v) is 3.81. The lowest BCUT2D eigenvalue weighted by Crippen LogP contribution is -1.90. The number of hydrogen-bond donors (Lipinski definition) is 1. The second-order valence-electron chi connectivity index (χ2n) is 2.90. The number of aromatic carboxylic acids is 1. The van der Waals surface area contributed by atoms with Gasteiger partial charge < -0.3 is 9.84 Å². The predicted molar refractivity (Wildman–Crippen MR) is 54.6 cm³/mol. The molecule has 0 saturated heterocycles. The van der Waals surface area contributed by atoms with Crippen LogP contribution >= 0.6 is 11.3 Å². The summed E-state index contributed by atoms with van der Waals surface area (Å²) in [5.41, 5.74) is 0. The van der Waals surface area contributed by atoms with Crippen molar-refractivity contribution in [3.05, 3.63) is 28.7 Å². The van der Waals surface area contributed by atoms with Gasteiger partial charge in [-0.1, -0.05) is 0 Å². The van der Waals surface area contributed by atoms with Gasteiger partial charge in [-0.15, -0.1) is 11.3 Å². The van der Waals surface area contributed by atoms with Crippen molar-refractivity contribution in [2.24, 2.45) is 7.05 Å². The van der Waals surface area contributed by atoms with Crippen LogP contribution in [0.25, 0.3) is 0 Å². The van der Waals surface area contributed by atoms with E-state index in [2.05, 4.69) is 5.10 Å². The molecule has 2 aromatic heterocycles. The van der Waals surface area contributed by atoms with Gasteiger partial charge in [-0.05, 0) is 0 Å². The van der Waals surface area contributed by atoms with Crippen LogP contribution in [0.5, 0.6) is 11.5 Å². The Morgan fingerprint density at radius 2 is 2.40 bits per heavy atom. The van der Waals surface area contributed by atoms with Crippen LogP contribution in [0.15, 0.2) is 23.8 Å². The molecule has 2 heterocycles. The Morgan fingerprint density at radius 1 is 1.60 bits per heavy atom. The first-order chi connectivity index (χ1) is 7.15. The Hall–Kier alpha value is -1.82.